The van der Waals surface area contributed by atoms with Gasteiger partial charge in [0, 0.05) is 19.2 Å². The summed E-state index contributed by atoms with van der Waals surface area (Å²) < 4.78 is 4.78. The summed E-state index contributed by atoms with van der Waals surface area (Å²) >= 11 is 0. The van der Waals surface area contributed by atoms with Crippen LogP contribution in [0.15, 0.2) is 30.3 Å². The minimum absolute atomic E-state index is 0.0622. The number of benzene rings is 1. The van der Waals surface area contributed by atoms with Gasteiger partial charge in [-0.1, -0.05) is 62.9 Å². The maximum Gasteiger partial charge on any atom is 0.310 e. The average molecular weight is 345 g/mol. The first kappa shape index (κ1) is 20.9. The van der Waals surface area contributed by atoms with Crippen molar-refractivity contribution in [3.63, 3.8) is 0 Å². The van der Waals surface area contributed by atoms with Gasteiger partial charge in [0.15, 0.2) is 0 Å². The number of hydrogen-bond acceptors (Lipinski definition) is 3. The third-order valence-electron chi connectivity index (χ3n) is 4.19. The molecule has 1 amide bonds. The first-order chi connectivity index (χ1) is 12.0. The van der Waals surface area contributed by atoms with Crippen LogP contribution in [0.2, 0.25) is 0 Å². The minimum atomic E-state index is -0.326. The summed E-state index contributed by atoms with van der Waals surface area (Å²) in [6.45, 7) is 7.04. The number of carbonyl (C=O) groups is 2. The maximum absolute atomic E-state index is 12.6. The summed E-state index contributed by atoms with van der Waals surface area (Å²) in [5, 5.41) is 0. The van der Waals surface area contributed by atoms with Crippen LogP contribution >= 0.6 is 0 Å². The van der Waals surface area contributed by atoms with E-state index in [9.17, 15) is 9.59 Å². The third-order valence-corrected chi connectivity index (χ3v) is 4.19. The van der Waals surface area contributed by atoms with Gasteiger partial charge in [0.25, 0.3) is 0 Å². The number of hydrogen-bond donors (Lipinski definition) is 0. The van der Waals surface area contributed by atoms with Crippen molar-refractivity contribution in [2.24, 2.45) is 5.92 Å². The quantitative estimate of drug-likeness (QED) is 0.362. The molecule has 4 heteroatoms. The van der Waals surface area contributed by atoms with E-state index in [0.717, 1.165) is 31.2 Å². The monoisotopic (exact) mass is 345 g/mol. The van der Waals surface area contributed by atoms with Crippen molar-refractivity contribution in [1.29, 1.82) is 0 Å². The Kier molecular flexibility index (Phi) is 9.60. The number of rotatable bonds is 10. The van der Waals surface area contributed by atoms with Gasteiger partial charge in [-0.3, -0.25) is 9.59 Å². The smallest absolute Gasteiger partial charge is 0.310 e. The minimum Gasteiger partial charge on any atom is -0.469 e. The van der Waals surface area contributed by atoms with Crippen LogP contribution in [0.5, 0.6) is 0 Å². The lowest BCUT2D eigenvalue weighted by Gasteiger charge is -2.24. The zero-order chi connectivity index (χ0) is 18.7. The topological polar surface area (TPSA) is 46.6 Å². The van der Waals surface area contributed by atoms with Crippen LogP contribution in [0.1, 0.15) is 50.7 Å². The van der Waals surface area contributed by atoms with Crippen molar-refractivity contribution in [2.75, 3.05) is 20.2 Å². The highest BCUT2D eigenvalue weighted by Gasteiger charge is 2.20. The fourth-order valence-electron chi connectivity index (χ4n) is 2.58. The molecule has 0 radical (unpaired) electrons. The van der Waals surface area contributed by atoms with E-state index >= 15 is 0 Å². The fourth-order valence-corrected chi connectivity index (χ4v) is 2.58. The molecule has 0 aliphatic heterocycles. The molecule has 0 spiro atoms. The summed E-state index contributed by atoms with van der Waals surface area (Å²) in [5.74, 6) is -0.672. The van der Waals surface area contributed by atoms with E-state index in [-0.39, 0.29) is 17.8 Å². The number of aryl methyl sites for hydroxylation is 1. The molecule has 0 aromatic heterocycles. The Morgan fingerprint density at radius 2 is 1.84 bits per heavy atom. The molecular weight excluding hydrogens is 314 g/mol. The molecule has 0 saturated carbocycles. The number of amides is 1. The summed E-state index contributed by atoms with van der Waals surface area (Å²) in [5.41, 5.74) is 2.18. The highest BCUT2D eigenvalue weighted by atomic mass is 16.5. The van der Waals surface area contributed by atoms with Crippen LogP contribution in [-0.2, 0) is 14.3 Å². The molecule has 0 heterocycles. The predicted octanol–water partition coefficient (Wildman–Crippen LogP) is 4.23. The molecule has 0 aliphatic carbocycles. The van der Waals surface area contributed by atoms with E-state index in [1.807, 2.05) is 37.3 Å². The fraction of sp³-hybridized carbons (Fsp3) is 0.524. The zero-order valence-corrected chi connectivity index (χ0v) is 16.0. The van der Waals surface area contributed by atoms with E-state index < -0.39 is 0 Å². The van der Waals surface area contributed by atoms with Gasteiger partial charge in [-0.15, -0.1) is 0 Å². The van der Waals surface area contributed by atoms with Crippen LogP contribution in [0.4, 0.5) is 0 Å². The Balaban J connectivity index is 2.72. The normalized spacial score (nSPS) is 12.2. The lowest BCUT2D eigenvalue weighted by Crippen LogP contribution is -2.37. The van der Waals surface area contributed by atoms with Gasteiger partial charge in [0.1, 0.15) is 0 Å². The van der Waals surface area contributed by atoms with Gasteiger partial charge in [-0.25, -0.2) is 0 Å². The van der Waals surface area contributed by atoms with Gasteiger partial charge in [-0.05, 0) is 25.0 Å². The van der Waals surface area contributed by atoms with E-state index in [0.29, 0.717) is 13.1 Å². The van der Waals surface area contributed by atoms with Crippen LogP contribution in [0.3, 0.4) is 0 Å². The van der Waals surface area contributed by atoms with Crippen LogP contribution in [-0.4, -0.2) is 37.0 Å². The molecule has 25 heavy (non-hydrogen) atoms. The second kappa shape index (κ2) is 11.5. The molecule has 0 saturated heterocycles. The van der Waals surface area contributed by atoms with Crippen LogP contribution in [0, 0.1) is 12.8 Å². The molecular formula is C21H31NO3. The summed E-state index contributed by atoms with van der Waals surface area (Å²) in [4.78, 5) is 26.0. The van der Waals surface area contributed by atoms with Crippen molar-refractivity contribution < 1.29 is 14.3 Å². The van der Waals surface area contributed by atoms with Crippen LogP contribution < -0.4 is 0 Å². The Labute approximate surface area is 151 Å². The number of ether oxygens (including phenoxy) is 1. The number of esters is 1. The molecule has 4 nitrogen and oxygen atoms in total. The van der Waals surface area contributed by atoms with E-state index in [1.165, 1.54) is 12.7 Å². The maximum atomic E-state index is 12.6. The number of carbonyl (C=O) groups excluding carboxylic acids is 2. The highest BCUT2D eigenvalue weighted by Crippen LogP contribution is 2.09. The lowest BCUT2D eigenvalue weighted by molar-refractivity contribution is -0.146. The predicted molar refractivity (Wildman–Crippen MR) is 102 cm³/mol. The summed E-state index contributed by atoms with van der Waals surface area (Å²) in [6.07, 6.45) is 7.77. The SMILES string of the molecule is CCCCCCN(CC(C)C(=O)OC)C(=O)/C=C/c1ccc(C)cc1. The van der Waals surface area contributed by atoms with E-state index in [2.05, 4.69) is 6.92 Å². The van der Waals surface area contributed by atoms with Crippen molar-refractivity contribution >= 4 is 18.0 Å². The Morgan fingerprint density at radius 3 is 2.44 bits per heavy atom. The Bertz CT molecular complexity index is 563. The van der Waals surface area contributed by atoms with Crippen molar-refractivity contribution in [3.8, 4) is 0 Å². The average Bonchev–Trinajstić information content (AvgIpc) is 2.62. The highest BCUT2D eigenvalue weighted by molar-refractivity contribution is 5.92. The number of methoxy groups -OCH3 is 1. The largest absolute Gasteiger partial charge is 0.469 e. The molecule has 1 unspecified atom stereocenters. The van der Waals surface area contributed by atoms with E-state index in [1.54, 1.807) is 17.9 Å². The third kappa shape index (κ3) is 8.01. The Morgan fingerprint density at radius 1 is 1.16 bits per heavy atom. The summed E-state index contributed by atoms with van der Waals surface area (Å²) in [7, 11) is 1.38. The van der Waals surface area contributed by atoms with Gasteiger partial charge in [-0.2, -0.15) is 0 Å². The van der Waals surface area contributed by atoms with E-state index in [4.69, 9.17) is 4.74 Å². The Hall–Kier alpha value is -2.10. The number of nitrogens with zero attached hydrogens (tertiary/aromatic N) is 1. The lowest BCUT2D eigenvalue weighted by atomic mass is 10.1. The van der Waals surface area contributed by atoms with Crippen molar-refractivity contribution in [3.05, 3.63) is 41.5 Å². The first-order valence-corrected chi connectivity index (χ1v) is 9.09. The standard InChI is InChI=1S/C21H31NO3/c1-5-6-7-8-15-22(16-18(3)21(24)25-4)20(23)14-13-19-11-9-17(2)10-12-19/h9-14,18H,5-8,15-16H2,1-4H3/b14-13+. The van der Waals surface area contributed by atoms with Gasteiger partial charge in [0.05, 0.1) is 13.0 Å². The van der Waals surface area contributed by atoms with Gasteiger partial charge < -0.3 is 9.64 Å². The molecule has 0 fully saturated rings. The molecule has 1 rings (SSSR count). The second-order valence-corrected chi connectivity index (χ2v) is 6.51. The molecule has 138 valence electrons. The van der Waals surface area contributed by atoms with Gasteiger partial charge >= 0.3 is 5.97 Å². The number of unbranched alkanes of at least 4 members (excludes halogenated alkanes) is 3. The first-order valence-electron chi connectivity index (χ1n) is 9.09. The van der Waals surface area contributed by atoms with Crippen molar-refractivity contribution in [2.45, 2.75) is 46.5 Å². The molecule has 0 aliphatic rings. The zero-order valence-electron chi connectivity index (χ0n) is 16.0. The molecule has 1 aromatic carbocycles. The molecule has 0 N–H and O–H groups in total. The molecule has 0 bridgehead atoms. The van der Waals surface area contributed by atoms with Crippen LogP contribution in [0.25, 0.3) is 6.08 Å². The second-order valence-electron chi connectivity index (χ2n) is 6.51. The summed E-state index contributed by atoms with van der Waals surface area (Å²) in [6, 6.07) is 8.02. The molecule has 1 atom stereocenters. The van der Waals surface area contributed by atoms with Crippen molar-refractivity contribution in [1.82, 2.24) is 4.90 Å². The molecule has 1 aromatic rings. The van der Waals surface area contributed by atoms with Gasteiger partial charge in [0.2, 0.25) is 5.91 Å².